The summed E-state index contributed by atoms with van der Waals surface area (Å²) in [6.45, 7) is 1.37. The minimum absolute atomic E-state index is 0.106. The van der Waals surface area contributed by atoms with Crippen molar-refractivity contribution in [3.63, 3.8) is 0 Å². The Labute approximate surface area is 235 Å². The van der Waals surface area contributed by atoms with E-state index in [1.807, 2.05) is 72.9 Å². The van der Waals surface area contributed by atoms with Gasteiger partial charge in [0, 0.05) is 22.3 Å². The summed E-state index contributed by atoms with van der Waals surface area (Å²) in [4.78, 5) is 26.6. The molecule has 0 aliphatic rings. The van der Waals surface area contributed by atoms with E-state index in [2.05, 4.69) is 0 Å². The molecule has 8 heteroatoms. The number of para-hydroxylation sites is 1. The molecule has 0 saturated heterocycles. The highest BCUT2D eigenvalue weighted by atomic mass is 35.5. The van der Waals surface area contributed by atoms with E-state index >= 15 is 0 Å². The lowest BCUT2D eigenvalue weighted by Crippen LogP contribution is -2.27. The lowest BCUT2D eigenvalue weighted by Gasteiger charge is -2.15. The van der Waals surface area contributed by atoms with Crippen LogP contribution in [0, 0.1) is 18.3 Å². The standard InChI is InChI=1S/C32H23ClN4O3/c1-21-26(18-34)31(39)36(19-23-12-8-9-15-27(23)33)32(40)29(21)28(38)17-16-24-20-37(25-13-6-3-7-14-25)35-30(24)22-10-4-2-5-11-22/h2-17,20,40H,19H2,1H3/b17-16+. The molecule has 7 nitrogen and oxygen atoms in total. The molecule has 0 saturated carbocycles. The van der Waals surface area contributed by atoms with Crippen LogP contribution in [0.25, 0.3) is 23.0 Å². The number of pyridine rings is 1. The van der Waals surface area contributed by atoms with Gasteiger partial charge in [-0.3, -0.25) is 14.2 Å². The Balaban J connectivity index is 1.58. The van der Waals surface area contributed by atoms with E-state index in [-0.39, 0.29) is 23.2 Å². The number of aromatic hydroxyl groups is 1. The molecule has 196 valence electrons. The van der Waals surface area contributed by atoms with Crippen LogP contribution in [0.4, 0.5) is 0 Å². The van der Waals surface area contributed by atoms with Crippen molar-refractivity contribution in [2.45, 2.75) is 13.5 Å². The van der Waals surface area contributed by atoms with Crippen LogP contribution in [0.15, 0.2) is 102 Å². The summed E-state index contributed by atoms with van der Waals surface area (Å²) < 4.78 is 2.73. The third-order valence-corrected chi connectivity index (χ3v) is 6.93. The minimum atomic E-state index is -0.701. The fourth-order valence-corrected chi connectivity index (χ4v) is 4.68. The first kappa shape index (κ1) is 26.4. The number of allylic oxidation sites excluding steroid dienone is 1. The summed E-state index contributed by atoms with van der Waals surface area (Å²) in [5.74, 6) is -1.09. The molecule has 2 heterocycles. The lowest BCUT2D eigenvalue weighted by atomic mass is 10.00. The smallest absolute Gasteiger partial charge is 0.271 e. The van der Waals surface area contributed by atoms with Gasteiger partial charge in [0.05, 0.1) is 23.5 Å². The van der Waals surface area contributed by atoms with Crippen LogP contribution in [0.2, 0.25) is 5.02 Å². The van der Waals surface area contributed by atoms with Gasteiger partial charge in [0.1, 0.15) is 11.6 Å². The maximum Gasteiger partial charge on any atom is 0.271 e. The van der Waals surface area contributed by atoms with E-state index in [0.29, 0.717) is 21.8 Å². The molecule has 0 aliphatic heterocycles. The Hall–Kier alpha value is -5.19. The van der Waals surface area contributed by atoms with Gasteiger partial charge >= 0.3 is 0 Å². The molecule has 0 amide bonds. The molecule has 5 aromatic rings. The third-order valence-electron chi connectivity index (χ3n) is 6.56. The van der Waals surface area contributed by atoms with E-state index in [1.54, 1.807) is 35.0 Å². The fourth-order valence-electron chi connectivity index (χ4n) is 4.48. The number of carbonyl (C=O) groups excluding carboxylic acids is 1. The van der Waals surface area contributed by atoms with Crippen molar-refractivity contribution in [3.05, 3.63) is 140 Å². The maximum absolute atomic E-state index is 13.5. The van der Waals surface area contributed by atoms with Crippen molar-refractivity contribution >= 4 is 23.5 Å². The first-order valence-corrected chi connectivity index (χ1v) is 12.8. The second-order valence-corrected chi connectivity index (χ2v) is 9.48. The van der Waals surface area contributed by atoms with Gasteiger partial charge in [-0.05, 0) is 48.4 Å². The number of aromatic nitrogens is 3. The summed E-state index contributed by atoms with van der Waals surface area (Å²) in [5.41, 5.74) is 2.67. The van der Waals surface area contributed by atoms with Crippen molar-refractivity contribution in [1.29, 1.82) is 5.26 Å². The van der Waals surface area contributed by atoms with Gasteiger partial charge in [0.15, 0.2) is 5.78 Å². The molecule has 0 fully saturated rings. The predicted octanol–water partition coefficient (Wildman–Crippen LogP) is 6.18. The van der Waals surface area contributed by atoms with Gasteiger partial charge in [-0.1, -0.05) is 78.3 Å². The summed E-state index contributed by atoms with van der Waals surface area (Å²) in [6.07, 6.45) is 4.74. The molecule has 3 aromatic carbocycles. The number of carbonyl (C=O) groups is 1. The van der Waals surface area contributed by atoms with Crippen LogP contribution in [0.1, 0.15) is 32.6 Å². The Morgan fingerprint density at radius 1 is 1.02 bits per heavy atom. The molecule has 5 rings (SSSR count). The van der Waals surface area contributed by atoms with Crippen LogP contribution in [-0.4, -0.2) is 25.2 Å². The lowest BCUT2D eigenvalue weighted by molar-refractivity contribution is 0.104. The summed E-state index contributed by atoms with van der Waals surface area (Å²) in [7, 11) is 0. The molecule has 0 unspecified atom stereocenters. The second-order valence-electron chi connectivity index (χ2n) is 9.07. The van der Waals surface area contributed by atoms with Gasteiger partial charge in [0.25, 0.3) is 5.56 Å². The number of hydrogen-bond acceptors (Lipinski definition) is 5. The Bertz CT molecular complexity index is 1850. The Morgan fingerprint density at radius 2 is 1.68 bits per heavy atom. The largest absolute Gasteiger partial charge is 0.494 e. The average Bonchev–Trinajstić information content (AvgIpc) is 3.41. The van der Waals surface area contributed by atoms with Crippen LogP contribution in [0.5, 0.6) is 5.88 Å². The van der Waals surface area contributed by atoms with Crippen LogP contribution < -0.4 is 5.56 Å². The zero-order valence-corrected chi connectivity index (χ0v) is 22.2. The third kappa shape index (κ3) is 5.08. The quantitative estimate of drug-likeness (QED) is 0.194. The van der Waals surface area contributed by atoms with E-state index in [1.165, 1.54) is 13.0 Å². The fraction of sp³-hybridized carbons (Fsp3) is 0.0625. The first-order valence-electron chi connectivity index (χ1n) is 12.4. The molecular formula is C32H23ClN4O3. The highest BCUT2D eigenvalue weighted by Crippen LogP contribution is 2.28. The zero-order valence-electron chi connectivity index (χ0n) is 21.5. The normalized spacial score (nSPS) is 11.0. The van der Waals surface area contributed by atoms with Gasteiger partial charge in [0.2, 0.25) is 5.88 Å². The molecule has 0 atom stereocenters. The van der Waals surface area contributed by atoms with Crippen LogP contribution in [-0.2, 0) is 6.54 Å². The number of hydrogen-bond donors (Lipinski definition) is 1. The number of benzene rings is 3. The highest BCUT2D eigenvalue weighted by Gasteiger charge is 2.23. The predicted molar refractivity (Wildman–Crippen MR) is 155 cm³/mol. The van der Waals surface area contributed by atoms with E-state index in [4.69, 9.17) is 16.7 Å². The summed E-state index contributed by atoms with van der Waals surface area (Å²) in [5, 5.41) is 26.0. The van der Waals surface area contributed by atoms with Crippen molar-refractivity contribution < 1.29 is 9.90 Å². The molecule has 0 bridgehead atoms. The topological polar surface area (TPSA) is 101 Å². The molecule has 1 N–H and O–H groups in total. The SMILES string of the molecule is Cc1c(C(=O)/C=C/c2cn(-c3ccccc3)nc2-c2ccccc2)c(O)n(Cc2ccccc2Cl)c(=O)c1C#N. The molecular weight excluding hydrogens is 524 g/mol. The van der Waals surface area contributed by atoms with E-state index < -0.39 is 17.2 Å². The van der Waals surface area contributed by atoms with Gasteiger partial charge in [-0.15, -0.1) is 0 Å². The second kappa shape index (κ2) is 11.3. The van der Waals surface area contributed by atoms with Crippen molar-refractivity contribution in [2.24, 2.45) is 0 Å². The number of nitrogens with zero attached hydrogens (tertiary/aromatic N) is 4. The van der Waals surface area contributed by atoms with Crippen LogP contribution >= 0.6 is 11.6 Å². The number of rotatable bonds is 7. The van der Waals surface area contributed by atoms with Crippen LogP contribution in [0.3, 0.4) is 0 Å². The minimum Gasteiger partial charge on any atom is -0.494 e. The monoisotopic (exact) mass is 546 g/mol. The summed E-state index contributed by atoms with van der Waals surface area (Å²) >= 11 is 6.27. The van der Waals surface area contributed by atoms with Gasteiger partial charge < -0.3 is 5.11 Å². The van der Waals surface area contributed by atoms with E-state index in [9.17, 15) is 20.0 Å². The molecule has 0 radical (unpaired) electrons. The summed E-state index contributed by atoms with van der Waals surface area (Å²) in [6, 6.07) is 27.9. The molecule has 0 aliphatic carbocycles. The number of halogens is 1. The first-order chi connectivity index (χ1) is 19.4. The number of ketones is 1. The Kier molecular flexibility index (Phi) is 7.45. The van der Waals surface area contributed by atoms with E-state index in [0.717, 1.165) is 15.8 Å². The van der Waals surface area contributed by atoms with Gasteiger partial charge in [-0.2, -0.15) is 10.4 Å². The zero-order chi connectivity index (χ0) is 28.2. The molecule has 2 aromatic heterocycles. The average molecular weight is 547 g/mol. The van der Waals surface area contributed by atoms with Gasteiger partial charge in [-0.25, -0.2) is 4.68 Å². The maximum atomic E-state index is 13.5. The van der Waals surface area contributed by atoms with Crippen molar-refractivity contribution in [3.8, 4) is 28.9 Å². The molecule has 40 heavy (non-hydrogen) atoms. The Morgan fingerprint density at radius 3 is 2.35 bits per heavy atom. The van der Waals surface area contributed by atoms with Crippen molar-refractivity contribution in [1.82, 2.24) is 14.3 Å². The number of nitriles is 1. The van der Waals surface area contributed by atoms with Crippen molar-refractivity contribution in [2.75, 3.05) is 0 Å². The highest BCUT2D eigenvalue weighted by molar-refractivity contribution is 6.31. The molecule has 0 spiro atoms.